The Morgan fingerprint density at radius 2 is 1.81 bits per heavy atom. The molecule has 0 saturated carbocycles. The summed E-state index contributed by atoms with van der Waals surface area (Å²) in [4.78, 5) is -0.615. The van der Waals surface area contributed by atoms with Crippen LogP contribution >= 0.6 is 15.9 Å². The van der Waals surface area contributed by atoms with Gasteiger partial charge < -0.3 is 5.73 Å². The average Bonchev–Trinajstić information content (AvgIpc) is 2.31. The first kappa shape index (κ1) is 15.7. The lowest BCUT2D eigenvalue weighted by molar-refractivity contribution is 0.567. The highest BCUT2D eigenvalue weighted by Crippen LogP contribution is 2.27. The Kier molecular flexibility index (Phi) is 4.20. The van der Waals surface area contributed by atoms with Crippen molar-refractivity contribution in [3.8, 4) is 0 Å². The smallest absolute Gasteiger partial charge is 0.264 e. The summed E-state index contributed by atoms with van der Waals surface area (Å²) in [7, 11) is -4.22. The van der Waals surface area contributed by atoms with Crippen LogP contribution in [0.1, 0.15) is 5.56 Å². The van der Waals surface area contributed by atoms with Gasteiger partial charge in [0.2, 0.25) is 0 Å². The molecule has 2 aromatic rings. The van der Waals surface area contributed by atoms with Crippen LogP contribution in [0.15, 0.2) is 39.7 Å². The molecule has 4 nitrogen and oxygen atoms in total. The summed E-state index contributed by atoms with van der Waals surface area (Å²) < 4.78 is 53.7. The monoisotopic (exact) mass is 376 g/mol. The second-order valence-electron chi connectivity index (χ2n) is 4.44. The SMILES string of the molecule is Cc1cc(F)cc(NS(=O)(=O)c2cc(N)cc(Br)c2F)c1. The van der Waals surface area contributed by atoms with E-state index in [0.717, 1.165) is 12.1 Å². The van der Waals surface area contributed by atoms with E-state index in [0.29, 0.717) is 5.56 Å². The molecule has 2 rings (SSSR count). The highest BCUT2D eigenvalue weighted by atomic mass is 79.9. The summed E-state index contributed by atoms with van der Waals surface area (Å²) in [6.07, 6.45) is 0. The molecule has 0 aliphatic rings. The Morgan fingerprint density at radius 3 is 2.43 bits per heavy atom. The van der Waals surface area contributed by atoms with Crippen molar-refractivity contribution in [3.63, 3.8) is 0 Å². The van der Waals surface area contributed by atoms with Gasteiger partial charge in [-0.2, -0.15) is 0 Å². The van der Waals surface area contributed by atoms with Gasteiger partial charge in [-0.15, -0.1) is 0 Å². The first-order valence-electron chi connectivity index (χ1n) is 5.73. The molecule has 3 N–H and O–H groups in total. The fourth-order valence-electron chi connectivity index (χ4n) is 1.78. The topological polar surface area (TPSA) is 72.2 Å². The second-order valence-corrected chi connectivity index (χ2v) is 6.94. The van der Waals surface area contributed by atoms with E-state index in [4.69, 9.17) is 5.73 Å². The van der Waals surface area contributed by atoms with Gasteiger partial charge in [-0.25, -0.2) is 17.2 Å². The van der Waals surface area contributed by atoms with Crippen LogP contribution in [0.3, 0.4) is 0 Å². The van der Waals surface area contributed by atoms with E-state index < -0.39 is 26.6 Å². The molecule has 0 radical (unpaired) electrons. The Balaban J connectivity index is 2.48. The Bertz CT molecular complexity index is 790. The molecule has 0 spiro atoms. The molecule has 0 amide bonds. The van der Waals surface area contributed by atoms with E-state index in [1.165, 1.54) is 18.2 Å². The van der Waals surface area contributed by atoms with Crippen LogP contribution in [-0.2, 0) is 10.0 Å². The lowest BCUT2D eigenvalue weighted by Crippen LogP contribution is -2.15. The molecular formula is C13H11BrF2N2O2S. The number of anilines is 2. The summed E-state index contributed by atoms with van der Waals surface area (Å²) >= 11 is 2.89. The van der Waals surface area contributed by atoms with Crippen LogP contribution in [0.2, 0.25) is 0 Å². The van der Waals surface area contributed by atoms with Crippen molar-refractivity contribution >= 4 is 37.3 Å². The van der Waals surface area contributed by atoms with Crippen LogP contribution in [0, 0.1) is 18.6 Å². The third kappa shape index (κ3) is 3.51. The summed E-state index contributed by atoms with van der Waals surface area (Å²) in [6, 6.07) is 5.93. The normalized spacial score (nSPS) is 11.4. The number of aryl methyl sites for hydroxylation is 1. The predicted octanol–water partition coefficient (Wildman–Crippen LogP) is 3.42. The number of hydrogen-bond acceptors (Lipinski definition) is 3. The van der Waals surface area contributed by atoms with Crippen LogP contribution in [0.5, 0.6) is 0 Å². The van der Waals surface area contributed by atoms with Crippen LogP contribution in [0.4, 0.5) is 20.2 Å². The minimum atomic E-state index is -4.22. The Hall–Kier alpha value is -1.67. The quantitative estimate of drug-likeness (QED) is 0.806. The first-order valence-corrected chi connectivity index (χ1v) is 8.01. The molecule has 0 heterocycles. The second kappa shape index (κ2) is 5.61. The molecule has 0 fully saturated rings. The van der Waals surface area contributed by atoms with Gasteiger partial charge in [-0.3, -0.25) is 4.72 Å². The van der Waals surface area contributed by atoms with Gasteiger partial charge in [0, 0.05) is 5.69 Å². The lowest BCUT2D eigenvalue weighted by atomic mass is 10.2. The van der Waals surface area contributed by atoms with Gasteiger partial charge in [0.15, 0.2) is 5.82 Å². The van der Waals surface area contributed by atoms with Gasteiger partial charge in [0.25, 0.3) is 10.0 Å². The number of hydrogen-bond donors (Lipinski definition) is 2. The summed E-state index contributed by atoms with van der Waals surface area (Å²) in [5, 5.41) is 0. The van der Waals surface area contributed by atoms with Crippen molar-refractivity contribution in [3.05, 3.63) is 52.0 Å². The fraction of sp³-hybridized carbons (Fsp3) is 0.0769. The molecule has 0 aromatic heterocycles. The highest BCUT2D eigenvalue weighted by Gasteiger charge is 2.22. The molecule has 2 aromatic carbocycles. The van der Waals surface area contributed by atoms with Crippen molar-refractivity contribution < 1.29 is 17.2 Å². The predicted molar refractivity (Wildman–Crippen MR) is 80.5 cm³/mol. The molecule has 0 unspecified atom stereocenters. The van der Waals surface area contributed by atoms with E-state index in [9.17, 15) is 17.2 Å². The highest BCUT2D eigenvalue weighted by molar-refractivity contribution is 9.10. The Labute approximate surface area is 129 Å². The summed E-state index contributed by atoms with van der Waals surface area (Å²) in [5.74, 6) is -1.56. The van der Waals surface area contributed by atoms with Gasteiger partial charge in [-0.05, 0) is 58.7 Å². The van der Waals surface area contributed by atoms with Crippen LogP contribution < -0.4 is 10.5 Å². The molecule has 0 atom stereocenters. The number of benzene rings is 2. The average molecular weight is 377 g/mol. The lowest BCUT2D eigenvalue weighted by Gasteiger charge is -2.11. The maximum Gasteiger partial charge on any atom is 0.264 e. The van der Waals surface area contributed by atoms with Crippen molar-refractivity contribution in [1.82, 2.24) is 0 Å². The van der Waals surface area contributed by atoms with E-state index in [1.807, 2.05) is 0 Å². The minimum Gasteiger partial charge on any atom is -0.399 e. The van der Waals surface area contributed by atoms with Crippen molar-refractivity contribution in [2.45, 2.75) is 11.8 Å². The van der Waals surface area contributed by atoms with Gasteiger partial charge in [0.05, 0.1) is 10.2 Å². The third-order valence-electron chi connectivity index (χ3n) is 2.60. The van der Waals surface area contributed by atoms with Gasteiger partial charge in [-0.1, -0.05) is 0 Å². The number of nitrogens with two attached hydrogens (primary N) is 1. The number of nitrogen functional groups attached to an aromatic ring is 1. The zero-order chi connectivity index (χ0) is 15.8. The van der Waals surface area contributed by atoms with E-state index in [1.54, 1.807) is 6.92 Å². The van der Waals surface area contributed by atoms with Crippen molar-refractivity contribution in [2.24, 2.45) is 0 Å². The molecular weight excluding hydrogens is 366 g/mol. The molecule has 8 heteroatoms. The molecule has 0 aliphatic carbocycles. The van der Waals surface area contributed by atoms with Crippen molar-refractivity contribution in [1.29, 1.82) is 0 Å². The van der Waals surface area contributed by atoms with Crippen LogP contribution in [-0.4, -0.2) is 8.42 Å². The summed E-state index contributed by atoms with van der Waals surface area (Å²) in [5.41, 5.74) is 6.13. The van der Waals surface area contributed by atoms with E-state index >= 15 is 0 Å². The molecule has 0 saturated heterocycles. The first-order chi connectivity index (χ1) is 9.69. The number of halogens is 3. The standard InChI is InChI=1S/C13H11BrF2N2O2S/c1-7-2-8(15)4-10(3-7)18-21(19,20)12-6-9(17)5-11(14)13(12)16/h2-6,18H,17H2,1H3. The number of sulfonamides is 1. The number of nitrogens with one attached hydrogen (secondary N) is 1. The Morgan fingerprint density at radius 1 is 1.14 bits per heavy atom. The van der Waals surface area contributed by atoms with E-state index in [2.05, 4.69) is 20.7 Å². The zero-order valence-corrected chi connectivity index (χ0v) is 13.2. The maximum absolute atomic E-state index is 13.9. The zero-order valence-electron chi connectivity index (χ0n) is 10.8. The van der Waals surface area contributed by atoms with Crippen molar-refractivity contribution in [2.75, 3.05) is 10.5 Å². The molecule has 112 valence electrons. The van der Waals surface area contributed by atoms with Gasteiger partial charge in [0.1, 0.15) is 10.7 Å². The molecule has 21 heavy (non-hydrogen) atoms. The fourth-order valence-corrected chi connectivity index (χ4v) is 3.57. The molecule has 0 bridgehead atoms. The number of rotatable bonds is 3. The van der Waals surface area contributed by atoms with Gasteiger partial charge >= 0.3 is 0 Å². The minimum absolute atomic E-state index is 0.00504. The van der Waals surface area contributed by atoms with E-state index in [-0.39, 0.29) is 15.8 Å². The third-order valence-corrected chi connectivity index (χ3v) is 4.56. The maximum atomic E-state index is 13.9. The molecule has 0 aliphatic heterocycles. The van der Waals surface area contributed by atoms with Crippen LogP contribution in [0.25, 0.3) is 0 Å². The summed E-state index contributed by atoms with van der Waals surface area (Å²) in [6.45, 7) is 1.61. The largest absolute Gasteiger partial charge is 0.399 e.